The molecule has 2 aliphatic rings. The standard InChI is InChI=1S/C12H23N/c1-10-4-2-5-11(8-10)9-13-12-6-3-7-12/h10-13H,2-9H2,1H3. The van der Waals surface area contributed by atoms with Gasteiger partial charge in [-0.25, -0.2) is 0 Å². The Labute approximate surface area is 82.3 Å². The quantitative estimate of drug-likeness (QED) is 0.706. The summed E-state index contributed by atoms with van der Waals surface area (Å²) in [7, 11) is 0. The van der Waals surface area contributed by atoms with Gasteiger partial charge < -0.3 is 5.32 Å². The van der Waals surface area contributed by atoms with Crippen molar-refractivity contribution in [1.29, 1.82) is 0 Å². The lowest BCUT2D eigenvalue weighted by molar-refractivity contribution is 0.246. The van der Waals surface area contributed by atoms with Crippen LogP contribution < -0.4 is 5.32 Å². The lowest BCUT2D eigenvalue weighted by Gasteiger charge is -2.32. The summed E-state index contributed by atoms with van der Waals surface area (Å²) in [4.78, 5) is 0. The second kappa shape index (κ2) is 4.45. The van der Waals surface area contributed by atoms with Crippen LogP contribution in [-0.4, -0.2) is 12.6 Å². The zero-order chi connectivity index (χ0) is 9.10. The van der Waals surface area contributed by atoms with Crippen molar-refractivity contribution in [2.45, 2.75) is 57.9 Å². The SMILES string of the molecule is CC1CCCC(CNC2CCC2)C1. The van der Waals surface area contributed by atoms with Gasteiger partial charge in [0.15, 0.2) is 0 Å². The highest BCUT2D eigenvalue weighted by Gasteiger charge is 2.21. The van der Waals surface area contributed by atoms with E-state index in [-0.39, 0.29) is 0 Å². The van der Waals surface area contributed by atoms with Gasteiger partial charge in [-0.2, -0.15) is 0 Å². The van der Waals surface area contributed by atoms with Crippen molar-refractivity contribution in [3.8, 4) is 0 Å². The van der Waals surface area contributed by atoms with Gasteiger partial charge in [-0.05, 0) is 44.1 Å². The van der Waals surface area contributed by atoms with Gasteiger partial charge in [-0.3, -0.25) is 0 Å². The summed E-state index contributed by atoms with van der Waals surface area (Å²) in [6.45, 7) is 3.71. The van der Waals surface area contributed by atoms with Crippen LogP contribution in [0.4, 0.5) is 0 Å². The average molecular weight is 181 g/mol. The molecule has 2 atom stereocenters. The Balaban J connectivity index is 1.62. The summed E-state index contributed by atoms with van der Waals surface area (Å²) in [6, 6.07) is 0.886. The zero-order valence-electron chi connectivity index (χ0n) is 8.89. The van der Waals surface area contributed by atoms with Crippen LogP contribution in [0.3, 0.4) is 0 Å². The van der Waals surface area contributed by atoms with Crippen molar-refractivity contribution in [3.63, 3.8) is 0 Å². The first-order valence-electron chi connectivity index (χ1n) is 6.08. The molecule has 2 fully saturated rings. The van der Waals surface area contributed by atoms with Crippen molar-refractivity contribution in [3.05, 3.63) is 0 Å². The van der Waals surface area contributed by atoms with Crippen molar-refractivity contribution in [2.24, 2.45) is 11.8 Å². The van der Waals surface area contributed by atoms with Gasteiger partial charge in [0, 0.05) is 6.04 Å². The maximum absolute atomic E-state index is 3.71. The van der Waals surface area contributed by atoms with E-state index in [1.165, 1.54) is 51.5 Å². The fourth-order valence-corrected chi connectivity index (χ4v) is 2.69. The van der Waals surface area contributed by atoms with Crippen molar-refractivity contribution in [1.82, 2.24) is 5.32 Å². The molecule has 0 aromatic carbocycles. The first-order valence-corrected chi connectivity index (χ1v) is 6.08. The normalized spacial score (nSPS) is 35.8. The molecule has 0 bridgehead atoms. The molecule has 2 aliphatic carbocycles. The predicted octanol–water partition coefficient (Wildman–Crippen LogP) is 2.95. The Kier molecular flexibility index (Phi) is 3.26. The summed E-state index contributed by atoms with van der Waals surface area (Å²) in [6.07, 6.45) is 10.2. The Hall–Kier alpha value is -0.0400. The van der Waals surface area contributed by atoms with Crippen LogP contribution >= 0.6 is 0 Å². The molecular weight excluding hydrogens is 158 g/mol. The first kappa shape index (κ1) is 9.51. The molecule has 0 heterocycles. The highest BCUT2D eigenvalue weighted by atomic mass is 14.9. The maximum Gasteiger partial charge on any atom is 0.00671 e. The minimum absolute atomic E-state index is 0.886. The molecule has 0 spiro atoms. The fourth-order valence-electron chi connectivity index (χ4n) is 2.69. The highest BCUT2D eigenvalue weighted by molar-refractivity contribution is 4.79. The number of nitrogens with one attached hydrogen (secondary N) is 1. The maximum atomic E-state index is 3.71. The van der Waals surface area contributed by atoms with Crippen LogP contribution in [0.1, 0.15) is 51.9 Å². The lowest BCUT2D eigenvalue weighted by Crippen LogP contribution is -2.39. The smallest absolute Gasteiger partial charge is 0.00671 e. The molecule has 0 radical (unpaired) electrons. The van der Waals surface area contributed by atoms with E-state index in [9.17, 15) is 0 Å². The van der Waals surface area contributed by atoms with E-state index >= 15 is 0 Å². The Morgan fingerprint density at radius 3 is 2.46 bits per heavy atom. The van der Waals surface area contributed by atoms with Gasteiger partial charge in [0.25, 0.3) is 0 Å². The third-order valence-corrected chi connectivity index (χ3v) is 3.85. The number of hydrogen-bond donors (Lipinski definition) is 1. The van der Waals surface area contributed by atoms with Crippen LogP contribution in [0, 0.1) is 11.8 Å². The average Bonchev–Trinajstić information content (AvgIpc) is 2.01. The van der Waals surface area contributed by atoms with E-state index in [1.807, 2.05) is 0 Å². The second-order valence-corrected chi connectivity index (χ2v) is 5.17. The zero-order valence-corrected chi connectivity index (χ0v) is 8.89. The van der Waals surface area contributed by atoms with Crippen LogP contribution in [0.15, 0.2) is 0 Å². The van der Waals surface area contributed by atoms with Crippen molar-refractivity contribution >= 4 is 0 Å². The molecule has 0 aliphatic heterocycles. The van der Waals surface area contributed by atoms with Gasteiger partial charge in [-0.1, -0.05) is 26.2 Å². The first-order chi connectivity index (χ1) is 6.34. The summed E-state index contributed by atoms with van der Waals surface area (Å²) in [5.41, 5.74) is 0. The van der Waals surface area contributed by atoms with Crippen LogP contribution in [0.25, 0.3) is 0 Å². The monoisotopic (exact) mass is 181 g/mol. The van der Waals surface area contributed by atoms with Gasteiger partial charge in [0.2, 0.25) is 0 Å². The van der Waals surface area contributed by atoms with Gasteiger partial charge >= 0.3 is 0 Å². The molecule has 1 heteroatoms. The summed E-state index contributed by atoms with van der Waals surface area (Å²) in [5, 5.41) is 3.71. The molecule has 2 rings (SSSR count). The molecule has 2 saturated carbocycles. The van der Waals surface area contributed by atoms with E-state index in [0.29, 0.717) is 0 Å². The molecule has 1 nitrogen and oxygen atoms in total. The molecule has 76 valence electrons. The summed E-state index contributed by atoms with van der Waals surface area (Å²) >= 11 is 0. The molecule has 0 saturated heterocycles. The van der Waals surface area contributed by atoms with E-state index in [0.717, 1.165) is 17.9 Å². The Morgan fingerprint density at radius 2 is 1.85 bits per heavy atom. The topological polar surface area (TPSA) is 12.0 Å². The van der Waals surface area contributed by atoms with E-state index in [1.54, 1.807) is 0 Å². The fraction of sp³-hybridized carbons (Fsp3) is 1.00. The lowest BCUT2D eigenvalue weighted by atomic mass is 9.82. The third kappa shape index (κ3) is 2.70. The van der Waals surface area contributed by atoms with Crippen LogP contribution in [-0.2, 0) is 0 Å². The minimum atomic E-state index is 0.886. The number of rotatable bonds is 3. The van der Waals surface area contributed by atoms with Gasteiger partial charge in [0.1, 0.15) is 0 Å². The largest absolute Gasteiger partial charge is 0.314 e. The molecule has 0 aromatic rings. The Bertz CT molecular complexity index is 151. The summed E-state index contributed by atoms with van der Waals surface area (Å²) in [5.74, 6) is 1.98. The van der Waals surface area contributed by atoms with Crippen molar-refractivity contribution in [2.75, 3.05) is 6.54 Å². The van der Waals surface area contributed by atoms with Crippen LogP contribution in [0.2, 0.25) is 0 Å². The highest BCUT2D eigenvalue weighted by Crippen LogP contribution is 2.28. The number of hydrogen-bond acceptors (Lipinski definition) is 1. The van der Waals surface area contributed by atoms with E-state index in [4.69, 9.17) is 0 Å². The molecule has 0 aromatic heterocycles. The van der Waals surface area contributed by atoms with E-state index in [2.05, 4.69) is 12.2 Å². The van der Waals surface area contributed by atoms with Gasteiger partial charge in [-0.15, -0.1) is 0 Å². The van der Waals surface area contributed by atoms with Crippen LogP contribution in [0.5, 0.6) is 0 Å². The van der Waals surface area contributed by atoms with Gasteiger partial charge in [0.05, 0.1) is 0 Å². The predicted molar refractivity (Wildman–Crippen MR) is 56.8 cm³/mol. The third-order valence-electron chi connectivity index (χ3n) is 3.85. The molecule has 2 unspecified atom stereocenters. The second-order valence-electron chi connectivity index (χ2n) is 5.17. The molecule has 1 N–H and O–H groups in total. The minimum Gasteiger partial charge on any atom is -0.314 e. The Morgan fingerprint density at radius 1 is 1.08 bits per heavy atom. The van der Waals surface area contributed by atoms with Crippen molar-refractivity contribution < 1.29 is 0 Å². The molecule has 13 heavy (non-hydrogen) atoms. The van der Waals surface area contributed by atoms with E-state index < -0.39 is 0 Å². The summed E-state index contributed by atoms with van der Waals surface area (Å²) < 4.78 is 0. The molecule has 0 amide bonds. The molecular formula is C12H23N.